The quantitative estimate of drug-likeness (QED) is 0.681. The number of ether oxygens (including phenoxy) is 1. The first-order valence-corrected chi connectivity index (χ1v) is 7.92. The molecule has 17 heavy (non-hydrogen) atoms. The molecule has 0 aliphatic heterocycles. The highest BCUT2D eigenvalue weighted by Crippen LogP contribution is 2.41. The summed E-state index contributed by atoms with van der Waals surface area (Å²) in [6.07, 6.45) is 6.71. The van der Waals surface area contributed by atoms with E-state index >= 15 is 0 Å². The molecule has 0 saturated heterocycles. The van der Waals surface area contributed by atoms with Crippen LogP contribution in [0, 0.1) is 29.8 Å². The lowest BCUT2D eigenvalue weighted by molar-refractivity contribution is 0.110. The van der Waals surface area contributed by atoms with Gasteiger partial charge in [-0.25, -0.2) is 0 Å². The monoisotopic (exact) mass is 254 g/mol. The molecule has 98 valence electrons. The lowest BCUT2D eigenvalue weighted by atomic mass is 9.73. The molecule has 0 spiro atoms. The first-order valence-electron chi connectivity index (χ1n) is 6.87. The third-order valence-electron chi connectivity index (χ3n) is 3.75. The molecule has 0 radical (unpaired) electrons. The van der Waals surface area contributed by atoms with E-state index in [1.807, 2.05) is 6.92 Å². The van der Waals surface area contributed by atoms with Gasteiger partial charge in [-0.1, -0.05) is 33.1 Å². The zero-order chi connectivity index (χ0) is 12.7. The average molecular weight is 254 g/mol. The van der Waals surface area contributed by atoms with E-state index in [4.69, 9.17) is 4.74 Å². The molecule has 0 heterocycles. The molecule has 4 unspecified atom stereocenters. The standard InChI is InChI=1S/C15H26OS/c1-5-8-16-11-13-9-12(4)10-15(17-7-3)14(13)6-2/h12-15H,6-7,9-11H2,1-4H3. The second-order valence-corrected chi connectivity index (χ2v) is 6.58. The van der Waals surface area contributed by atoms with Gasteiger partial charge in [0.15, 0.2) is 0 Å². The van der Waals surface area contributed by atoms with Crippen molar-refractivity contribution in [2.24, 2.45) is 17.8 Å². The van der Waals surface area contributed by atoms with E-state index in [0.717, 1.165) is 23.7 Å². The smallest absolute Gasteiger partial charge is 0.109 e. The first kappa shape index (κ1) is 14.8. The minimum atomic E-state index is 0.702. The lowest BCUT2D eigenvalue weighted by Gasteiger charge is -2.40. The molecule has 0 aromatic rings. The van der Waals surface area contributed by atoms with Crippen molar-refractivity contribution in [2.45, 2.75) is 52.2 Å². The van der Waals surface area contributed by atoms with Crippen LogP contribution in [0.5, 0.6) is 0 Å². The van der Waals surface area contributed by atoms with Gasteiger partial charge in [-0.2, -0.15) is 11.8 Å². The summed E-state index contributed by atoms with van der Waals surface area (Å²) in [5, 5.41) is 0.830. The molecule has 0 aromatic heterocycles. The van der Waals surface area contributed by atoms with Gasteiger partial charge in [-0.05, 0) is 36.3 Å². The summed E-state index contributed by atoms with van der Waals surface area (Å²) in [6.45, 7) is 9.63. The molecule has 1 nitrogen and oxygen atoms in total. The Kier molecular flexibility index (Phi) is 6.89. The van der Waals surface area contributed by atoms with Crippen molar-refractivity contribution in [2.75, 3.05) is 12.4 Å². The van der Waals surface area contributed by atoms with Gasteiger partial charge in [0, 0.05) is 12.2 Å². The highest BCUT2D eigenvalue weighted by Gasteiger charge is 2.35. The Labute approximate surface area is 111 Å². The zero-order valence-corrected chi connectivity index (χ0v) is 12.5. The van der Waals surface area contributed by atoms with Crippen molar-refractivity contribution >= 4 is 11.8 Å². The Morgan fingerprint density at radius 1 is 1.29 bits per heavy atom. The van der Waals surface area contributed by atoms with E-state index in [-0.39, 0.29) is 0 Å². The third-order valence-corrected chi connectivity index (χ3v) is 5.05. The van der Waals surface area contributed by atoms with Crippen molar-refractivity contribution < 1.29 is 4.74 Å². The van der Waals surface area contributed by atoms with Crippen LogP contribution in [0.3, 0.4) is 0 Å². The second kappa shape index (κ2) is 7.93. The van der Waals surface area contributed by atoms with Gasteiger partial charge in [0.25, 0.3) is 0 Å². The van der Waals surface area contributed by atoms with Gasteiger partial charge in [-0.3, -0.25) is 0 Å². The van der Waals surface area contributed by atoms with Gasteiger partial charge in [0.2, 0.25) is 0 Å². The molecule has 1 rings (SSSR count). The predicted molar refractivity (Wildman–Crippen MR) is 77.0 cm³/mol. The van der Waals surface area contributed by atoms with Gasteiger partial charge >= 0.3 is 0 Å². The Bertz CT molecular complexity index is 266. The Morgan fingerprint density at radius 3 is 2.65 bits per heavy atom. The minimum absolute atomic E-state index is 0.702. The largest absolute Gasteiger partial charge is 0.446 e. The van der Waals surface area contributed by atoms with E-state index in [1.165, 1.54) is 25.0 Å². The van der Waals surface area contributed by atoms with Gasteiger partial charge in [0.1, 0.15) is 12.7 Å². The molecular weight excluding hydrogens is 228 g/mol. The van der Waals surface area contributed by atoms with Crippen molar-refractivity contribution in [1.82, 2.24) is 0 Å². The van der Waals surface area contributed by atoms with Crippen molar-refractivity contribution in [1.29, 1.82) is 0 Å². The number of hydrogen-bond donors (Lipinski definition) is 0. The average Bonchev–Trinajstić information content (AvgIpc) is 2.29. The van der Waals surface area contributed by atoms with E-state index in [1.54, 1.807) is 0 Å². The SMILES string of the molecule is CC#COCC1CC(C)CC(SCC)C1CC. The van der Waals surface area contributed by atoms with Crippen LogP contribution in [0.15, 0.2) is 0 Å². The molecule has 0 N–H and O–H groups in total. The third kappa shape index (κ3) is 4.47. The van der Waals surface area contributed by atoms with Crippen LogP contribution in [0.1, 0.15) is 47.0 Å². The first-order chi connectivity index (χ1) is 8.22. The Hall–Kier alpha value is -0.290. The molecule has 1 aliphatic rings. The predicted octanol–water partition coefficient (Wildman–Crippen LogP) is 4.18. The normalized spacial score (nSPS) is 32.7. The van der Waals surface area contributed by atoms with Crippen LogP contribution in [0.4, 0.5) is 0 Å². The van der Waals surface area contributed by atoms with Crippen LogP contribution >= 0.6 is 11.8 Å². The molecule has 2 heteroatoms. The Morgan fingerprint density at radius 2 is 2.06 bits per heavy atom. The summed E-state index contributed by atoms with van der Waals surface area (Å²) in [6, 6.07) is 0. The fourth-order valence-corrected chi connectivity index (χ4v) is 4.63. The summed E-state index contributed by atoms with van der Waals surface area (Å²) in [5.74, 6) is 6.40. The topological polar surface area (TPSA) is 9.23 Å². The van der Waals surface area contributed by atoms with Gasteiger partial charge in [0.05, 0.1) is 0 Å². The molecule has 1 fully saturated rings. The zero-order valence-electron chi connectivity index (χ0n) is 11.7. The van der Waals surface area contributed by atoms with E-state index in [9.17, 15) is 0 Å². The van der Waals surface area contributed by atoms with Crippen molar-refractivity contribution in [3.8, 4) is 12.0 Å². The molecule has 0 bridgehead atoms. The fourth-order valence-electron chi connectivity index (χ4n) is 3.08. The van der Waals surface area contributed by atoms with E-state index < -0.39 is 0 Å². The van der Waals surface area contributed by atoms with Crippen LogP contribution in [0.25, 0.3) is 0 Å². The molecule has 0 amide bonds. The lowest BCUT2D eigenvalue weighted by Crippen LogP contribution is -2.36. The van der Waals surface area contributed by atoms with Gasteiger partial charge in [-0.15, -0.1) is 0 Å². The van der Waals surface area contributed by atoms with Crippen LogP contribution in [0.2, 0.25) is 0 Å². The summed E-state index contributed by atoms with van der Waals surface area (Å²) >= 11 is 2.14. The summed E-state index contributed by atoms with van der Waals surface area (Å²) in [5.41, 5.74) is 0. The maximum absolute atomic E-state index is 5.46. The van der Waals surface area contributed by atoms with Crippen molar-refractivity contribution in [3.05, 3.63) is 0 Å². The highest BCUT2D eigenvalue weighted by atomic mass is 32.2. The van der Waals surface area contributed by atoms with Gasteiger partial charge < -0.3 is 4.74 Å². The van der Waals surface area contributed by atoms with Crippen LogP contribution in [-0.2, 0) is 4.74 Å². The highest BCUT2D eigenvalue weighted by molar-refractivity contribution is 7.99. The van der Waals surface area contributed by atoms with E-state index in [0.29, 0.717) is 5.92 Å². The fraction of sp³-hybridized carbons (Fsp3) is 0.867. The molecular formula is C15H26OS. The number of thioether (sulfide) groups is 1. The maximum atomic E-state index is 5.46. The maximum Gasteiger partial charge on any atom is 0.109 e. The van der Waals surface area contributed by atoms with Crippen LogP contribution in [-0.4, -0.2) is 17.6 Å². The Balaban J connectivity index is 2.59. The molecule has 1 aliphatic carbocycles. The number of rotatable bonds is 5. The van der Waals surface area contributed by atoms with E-state index in [2.05, 4.69) is 44.6 Å². The second-order valence-electron chi connectivity index (χ2n) is 5.07. The van der Waals surface area contributed by atoms with Crippen LogP contribution < -0.4 is 0 Å². The van der Waals surface area contributed by atoms with Crippen molar-refractivity contribution in [3.63, 3.8) is 0 Å². The molecule has 0 aromatic carbocycles. The summed E-state index contributed by atoms with van der Waals surface area (Å²) in [4.78, 5) is 0. The number of hydrogen-bond acceptors (Lipinski definition) is 2. The summed E-state index contributed by atoms with van der Waals surface area (Å²) in [7, 11) is 0. The molecule has 1 saturated carbocycles. The minimum Gasteiger partial charge on any atom is -0.446 e. The summed E-state index contributed by atoms with van der Waals surface area (Å²) < 4.78 is 5.46. The molecule has 4 atom stereocenters.